The molecule has 5 heteroatoms. The molecule has 3 nitrogen and oxygen atoms in total. The summed E-state index contributed by atoms with van der Waals surface area (Å²) in [4.78, 5) is 3.64. The number of nitrogens with one attached hydrogen (secondary N) is 1. The number of fused-ring (bicyclic) bond motifs is 1. The van der Waals surface area contributed by atoms with Gasteiger partial charge < -0.3 is 9.64 Å². The van der Waals surface area contributed by atoms with Crippen molar-refractivity contribution >= 4 is 33.6 Å². The molecular formula is C13H19BrN2OS. The molecule has 0 spiro atoms. The van der Waals surface area contributed by atoms with Crippen LogP contribution in [0.3, 0.4) is 0 Å². The van der Waals surface area contributed by atoms with Gasteiger partial charge in [-0.25, -0.2) is 0 Å². The molecule has 0 bridgehead atoms. The van der Waals surface area contributed by atoms with E-state index in [1.54, 1.807) is 19.1 Å². The predicted molar refractivity (Wildman–Crippen MR) is 81.7 cm³/mol. The van der Waals surface area contributed by atoms with Gasteiger partial charge in [-0.1, -0.05) is 0 Å². The van der Waals surface area contributed by atoms with Crippen molar-refractivity contribution in [2.24, 2.45) is 0 Å². The molecule has 0 unspecified atom stereocenters. The maximum Gasteiger partial charge on any atom is 0.134 e. The average Bonchev–Trinajstić information content (AvgIpc) is 2.48. The lowest BCUT2D eigenvalue weighted by molar-refractivity contribution is 0.410. The van der Waals surface area contributed by atoms with Gasteiger partial charge in [0, 0.05) is 23.5 Å². The van der Waals surface area contributed by atoms with Gasteiger partial charge in [-0.2, -0.15) is 0 Å². The second kappa shape index (κ2) is 5.31. The van der Waals surface area contributed by atoms with Gasteiger partial charge >= 0.3 is 0 Å². The minimum absolute atomic E-state index is 0.107. The summed E-state index contributed by atoms with van der Waals surface area (Å²) in [5, 5.41) is 0. The first kappa shape index (κ1) is 14.0. The largest absolute Gasteiger partial charge is 0.496 e. The number of methoxy groups -OCH3 is 1. The number of hydrogen-bond acceptors (Lipinski definition) is 4. The molecule has 1 N–H and O–H groups in total. The predicted octanol–water partition coefficient (Wildman–Crippen LogP) is 3.67. The van der Waals surface area contributed by atoms with Gasteiger partial charge in [0.25, 0.3) is 0 Å². The molecule has 0 saturated carbocycles. The zero-order valence-electron chi connectivity index (χ0n) is 11.2. The molecule has 1 aromatic carbocycles. The third-order valence-corrected chi connectivity index (χ3v) is 4.47. The number of ether oxygens (including phenoxy) is 1. The molecule has 1 aliphatic heterocycles. The van der Waals surface area contributed by atoms with Crippen LogP contribution in [0.2, 0.25) is 0 Å². The molecule has 1 heterocycles. The SMILES string of the molecule is COc1cc2c(cc1Br)N(C(C)(C)C)CCNS2. The van der Waals surface area contributed by atoms with Gasteiger partial charge in [0.2, 0.25) is 0 Å². The van der Waals surface area contributed by atoms with Crippen LogP contribution in [-0.2, 0) is 0 Å². The van der Waals surface area contributed by atoms with Crippen molar-refractivity contribution < 1.29 is 4.74 Å². The summed E-state index contributed by atoms with van der Waals surface area (Å²) in [7, 11) is 1.70. The molecule has 0 atom stereocenters. The zero-order valence-corrected chi connectivity index (χ0v) is 13.6. The van der Waals surface area contributed by atoms with Crippen LogP contribution in [0.4, 0.5) is 5.69 Å². The fraction of sp³-hybridized carbons (Fsp3) is 0.538. The maximum absolute atomic E-state index is 5.37. The quantitative estimate of drug-likeness (QED) is 0.794. The van der Waals surface area contributed by atoms with Crippen molar-refractivity contribution in [2.45, 2.75) is 31.2 Å². The Kier molecular flexibility index (Phi) is 4.14. The molecule has 0 aromatic heterocycles. The molecular weight excluding hydrogens is 312 g/mol. The lowest BCUT2D eigenvalue weighted by Crippen LogP contribution is -2.43. The van der Waals surface area contributed by atoms with Crippen molar-refractivity contribution in [2.75, 3.05) is 25.1 Å². The Hall–Kier alpha value is -0.390. The van der Waals surface area contributed by atoms with Crippen molar-refractivity contribution in [3.8, 4) is 5.75 Å². The summed E-state index contributed by atoms with van der Waals surface area (Å²) in [6.07, 6.45) is 0. The minimum Gasteiger partial charge on any atom is -0.496 e. The monoisotopic (exact) mass is 330 g/mol. The molecule has 100 valence electrons. The Balaban J connectivity index is 2.51. The van der Waals surface area contributed by atoms with E-state index in [1.165, 1.54) is 10.6 Å². The highest BCUT2D eigenvalue weighted by molar-refractivity contribution is 9.10. The number of hydrogen-bond donors (Lipinski definition) is 1. The normalized spacial score (nSPS) is 16.2. The van der Waals surface area contributed by atoms with Gasteiger partial charge in [-0.3, -0.25) is 4.72 Å². The summed E-state index contributed by atoms with van der Waals surface area (Å²) in [5.41, 5.74) is 1.36. The summed E-state index contributed by atoms with van der Waals surface area (Å²) >= 11 is 5.25. The number of nitrogens with zero attached hydrogens (tertiary/aromatic N) is 1. The van der Waals surface area contributed by atoms with Crippen molar-refractivity contribution in [3.63, 3.8) is 0 Å². The van der Waals surface area contributed by atoms with E-state index in [9.17, 15) is 0 Å². The molecule has 0 radical (unpaired) electrons. The summed E-state index contributed by atoms with van der Waals surface area (Å²) in [5.74, 6) is 0.874. The van der Waals surface area contributed by atoms with E-state index in [0.29, 0.717) is 0 Å². The second-order valence-corrected chi connectivity index (χ2v) is 7.06. The van der Waals surface area contributed by atoms with Crippen LogP contribution in [0.25, 0.3) is 0 Å². The molecule has 1 aromatic rings. The van der Waals surface area contributed by atoms with E-state index in [1.807, 2.05) is 0 Å². The first-order valence-corrected chi connectivity index (χ1v) is 7.59. The van der Waals surface area contributed by atoms with Crippen LogP contribution >= 0.6 is 27.9 Å². The fourth-order valence-corrected chi connectivity index (χ4v) is 3.36. The van der Waals surface area contributed by atoms with E-state index in [4.69, 9.17) is 4.74 Å². The van der Waals surface area contributed by atoms with Crippen molar-refractivity contribution in [1.29, 1.82) is 0 Å². The highest BCUT2D eigenvalue weighted by Gasteiger charge is 2.26. The van der Waals surface area contributed by atoms with Gasteiger partial charge in [0.15, 0.2) is 0 Å². The summed E-state index contributed by atoms with van der Waals surface area (Å²) in [6, 6.07) is 4.24. The van der Waals surface area contributed by atoms with E-state index in [2.05, 4.69) is 58.5 Å². The standard InChI is InChI=1S/C13H19BrN2OS/c1-13(2,3)16-6-5-15-18-12-8-11(17-4)9(14)7-10(12)16/h7-8,15H,5-6H2,1-4H3. The van der Waals surface area contributed by atoms with E-state index in [-0.39, 0.29) is 5.54 Å². The first-order valence-electron chi connectivity index (χ1n) is 5.98. The lowest BCUT2D eigenvalue weighted by Gasteiger charge is -2.37. The smallest absolute Gasteiger partial charge is 0.134 e. The zero-order chi connectivity index (χ0) is 13.3. The molecule has 2 rings (SSSR count). The first-order chi connectivity index (χ1) is 8.43. The van der Waals surface area contributed by atoms with Gasteiger partial charge in [0.05, 0.1) is 17.3 Å². The summed E-state index contributed by atoms with van der Waals surface area (Å²) in [6.45, 7) is 8.69. The third-order valence-electron chi connectivity index (χ3n) is 2.95. The van der Waals surface area contributed by atoms with Crippen LogP contribution in [0, 0.1) is 0 Å². The number of benzene rings is 1. The van der Waals surface area contributed by atoms with Crippen molar-refractivity contribution in [1.82, 2.24) is 4.72 Å². The molecule has 0 fully saturated rings. The topological polar surface area (TPSA) is 24.5 Å². The van der Waals surface area contributed by atoms with Gasteiger partial charge in [-0.05, 0) is 60.8 Å². The van der Waals surface area contributed by atoms with Gasteiger partial charge in [0.1, 0.15) is 5.75 Å². The van der Waals surface area contributed by atoms with Crippen molar-refractivity contribution in [3.05, 3.63) is 16.6 Å². The average molecular weight is 331 g/mol. The number of halogens is 1. The highest BCUT2D eigenvalue weighted by atomic mass is 79.9. The molecule has 0 aliphatic carbocycles. The van der Waals surface area contributed by atoms with Crippen LogP contribution < -0.4 is 14.4 Å². The minimum atomic E-state index is 0.107. The van der Waals surface area contributed by atoms with E-state index < -0.39 is 0 Å². The molecule has 0 saturated heterocycles. The molecule has 0 amide bonds. The Morgan fingerprint density at radius 1 is 1.39 bits per heavy atom. The fourth-order valence-electron chi connectivity index (χ4n) is 2.08. The molecule has 18 heavy (non-hydrogen) atoms. The van der Waals surface area contributed by atoms with Gasteiger partial charge in [-0.15, -0.1) is 0 Å². The highest BCUT2D eigenvalue weighted by Crippen LogP contribution is 2.40. The Morgan fingerprint density at radius 3 is 2.72 bits per heavy atom. The third kappa shape index (κ3) is 2.78. The van der Waals surface area contributed by atoms with Crippen LogP contribution in [0.5, 0.6) is 5.75 Å². The number of anilines is 1. The van der Waals surface area contributed by atoms with Crippen LogP contribution in [0.15, 0.2) is 21.5 Å². The maximum atomic E-state index is 5.37. The van der Waals surface area contributed by atoms with Crippen LogP contribution in [-0.4, -0.2) is 25.7 Å². The number of rotatable bonds is 1. The lowest BCUT2D eigenvalue weighted by atomic mass is 10.0. The Labute approximate surface area is 122 Å². The Morgan fingerprint density at radius 2 is 2.11 bits per heavy atom. The van der Waals surface area contributed by atoms with E-state index >= 15 is 0 Å². The van der Waals surface area contributed by atoms with E-state index in [0.717, 1.165) is 23.3 Å². The Bertz CT molecular complexity index is 445. The molecule has 1 aliphatic rings. The second-order valence-electron chi connectivity index (χ2n) is 5.27. The summed E-state index contributed by atoms with van der Waals surface area (Å²) < 4.78 is 9.75. The van der Waals surface area contributed by atoms with Crippen LogP contribution in [0.1, 0.15) is 20.8 Å².